The molecule has 2 amide bonds. The van der Waals surface area contributed by atoms with Gasteiger partial charge in [-0.15, -0.1) is 0 Å². The fraction of sp³-hybridized carbons (Fsp3) is 0.429. The topological polar surface area (TPSA) is 96.0 Å². The Labute approximate surface area is 207 Å². The Balaban J connectivity index is 1.49. The number of carbonyl (C=O) groups excluding carboxylic acids is 2. The first-order valence-corrected chi connectivity index (χ1v) is 12.2. The summed E-state index contributed by atoms with van der Waals surface area (Å²) in [6, 6.07) is 12.2. The summed E-state index contributed by atoms with van der Waals surface area (Å²) in [5, 5.41) is 10.3. The maximum absolute atomic E-state index is 12.5. The second kappa shape index (κ2) is 9.29. The molecule has 0 saturated heterocycles. The van der Waals surface area contributed by atoms with Crippen LogP contribution in [-0.2, 0) is 4.79 Å². The van der Waals surface area contributed by atoms with E-state index in [0.29, 0.717) is 24.1 Å². The number of nitrogens with one attached hydrogen (secondary N) is 3. The molecule has 7 nitrogen and oxygen atoms in total. The van der Waals surface area contributed by atoms with Gasteiger partial charge in [0.15, 0.2) is 0 Å². The first-order valence-electron chi connectivity index (χ1n) is 12.2. The van der Waals surface area contributed by atoms with Gasteiger partial charge in [-0.05, 0) is 74.6 Å². The van der Waals surface area contributed by atoms with Gasteiger partial charge in [0.1, 0.15) is 0 Å². The van der Waals surface area contributed by atoms with Crippen molar-refractivity contribution >= 4 is 28.7 Å². The Morgan fingerprint density at radius 2 is 1.77 bits per heavy atom. The Morgan fingerprint density at radius 1 is 1.03 bits per heavy atom. The lowest BCUT2D eigenvalue weighted by molar-refractivity contribution is -0.130. The number of rotatable bonds is 7. The van der Waals surface area contributed by atoms with Crippen molar-refractivity contribution in [3.8, 4) is 11.1 Å². The van der Waals surface area contributed by atoms with Crippen molar-refractivity contribution < 1.29 is 9.59 Å². The Kier molecular flexibility index (Phi) is 6.54. The van der Waals surface area contributed by atoms with E-state index in [9.17, 15) is 9.59 Å². The molecule has 184 valence electrons. The fourth-order valence-electron chi connectivity index (χ4n) is 3.70. The molecular formula is C28H35N5O2. The van der Waals surface area contributed by atoms with Gasteiger partial charge in [0.2, 0.25) is 11.9 Å². The van der Waals surface area contributed by atoms with E-state index in [1.165, 1.54) is 0 Å². The molecule has 1 aliphatic carbocycles. The summed E-state index contributed by atoms with van der Waals surface area (Å²) in [5.41, 5.74) is 3.73. The molecule has 7 heteroatoms. The minimum atomic E-state index is -0.457. The molecule has 1 aliphatic rings. The van der Waals surface area contributed by atoms with Crippen LogP contribution >= 0.6 is 0 Å². The average molecular weight is 474 g/mol. The molecule has 35 heavy (non-hydrogen) atoms. The van der Waals surface area contributed by atoms with E-state index in [1.54, 1.807) is 6.20 Å². The summed E-state index contributed by atoms with van der Waals surface area (Å²) in [7, 11) is 0. The van der Waals surface area contributed by atoms with E-state index in [4.69, 9.17) is 0 Å². The zero-order chi connectivity index (χ0) is 25.4. The monoisotopic (exact) mass is 473 g/mol. The third-order valence-corrected chi connectivity index (χ3v) is 6.12. The van der Waals surface area contributed by atoms with Crippen molar-refractivity contribution in [1.82, 2.24) is 20.6 Å². The fourth-order valence-corrected chi connectivity index (χ4v) is 3.70. The van der Waals surface area contributed by atoms with Crippen molar-refractivity contribution in [3.63, 3.8) is 0 Å². The van der Waals surface area contributed by atoms with Gasteiger partial charge in [0.25, 0.3) is 5.91 Å². The number of carbonyl (C=O) groups is 2. The first kappa shape index (κ1) is 24.6. The van der Waals surface area contributed by atoms with Gasteiger partial charge in [-0.2, -0.15) is 0 Å². The summed E-state index contributed by atoms with van der Waals surface area (Å²) in [5.74, 6) is 0.495. The van der Waals surface area contributed by atoms with Gasteiger partial charge < -0.3 is 16.0 Å². The Hall–Kier alpha value is -3.48. The third-order valence-electron chi connectivity index (χ3n) is 6.12. The number of nitrogens with zero attached hydrogens (tertiary/aromatic N) is 2. The average Bonchev–Trinajstić information content (AvgIpc) is 3.60. The van der Waals surface area contributed by atoms with E-state index in [1.807, 2.05) is 71.9 Å². The molecule has 1 heterocycles. The van der Waals surface area contributed by atoms with Crippen molar-refractivity contribution in [2.45, 2.75) is 66.0 Å². The van der Waals surface area contributed by atoms with Gasteiger partial charge in [0, 0.05) is 35.1 Å². The minimum absolute atomic E-state index is 0.000595. The highest BCUT2D eigenvalue weighted by Gasteiger charge is 2.28. The van der Waals surface area contributed by atoms with Gasteiger partial charge in [0.05, 0.1) is 11.1 Å². The van der Waals surface area contributed by atoms with E-state index >= 15 is 0 Å². The van der Waals surface area contributed by atoms with Crippen LogP contribution in [0.2, 0.25) is 0 Å². The van der Waals surface area contributed by atoms with Gasteiger partial charge >= 0.3 is 0 Å². The summed E-state index contributed by atoms with van der Waals surface area (Å²) >= 11 is 0. The number of anilines is 1. The number of hydrogen-bond acceptors (Lipinski definition) is 5. The van der Waals surface area contributed by atoms with Crippen molar-refractivity contribution in [2.24, 2.45) is 5.41 Å². The molecule has 0 aliphatic heterocycles. The smallest absolute Gasteiger partial charge is 0.251 e. The molecule has 2 aromatic carbocycles. The quantitative estimate of drug-likeness (QED) is 0.456. The second-order valence-electron chi connectivity index (χ2n) is 11.2. The van der Waals surface area contributed by atoms with Crippen LogP contribution in [0.3, 0.4) is 0 Å². The lowest BCUT2D eigenvalue weighted by Gasteiger charge is -2.30. The lowest BCUT2D eigenvalue weighted by atomic mass is 9.93. The molecule has 1 fully saturated rings. The van der Waals surface area contributed by atoms with Crippen molar-refractivity contribution in [1.29, 1.82) is 0 Å². The third kappa shape index (κ3) is 6.15. The standard InChI is InChI=1S/C28H35N5O2/c1-17-7-8-19(24(34)31-21-10-11-21)14-22(17)18-9-12-23-20(13-18)15-29-26(32-23)30-16-28(5,6)33-25(35)27(2,3)4/h7-9,12-15,21H,10-11,16H2,1-6H3,(H,31,34)(H,33,35)(H,29,30,32). The zero-order valence-corrected chi connectivity index (χ0v) is 21.5. The predicted octanol–water partition coefficient (Wildman–Crippen LogP) is 4.85. The van der Waals surface area contributed by atoms with Crippen LogP contribution in [0.4, 0.5) is 5.95 Å². The number of aryl methyl sites for hydroxylation is 1. The number of hydrogen-bond donors (Lipinski definition) is 3. The van der Waals surface area contributed by atoms with Crippen LogP contribution in [0.25, 0.3) is 22.0 Å². The van der Waals surface area contributed by atoms with Crippen LogP contribution in [-0.4, -0.2) is 39.9 Å². The highest BCUT2D eigenvalue weighted by Crippen LogP contribution is 2.28. The molecule has 3 N–H and O–H groups in total. The highest BCUT2D eigenvalue weighted by atomic mass is 16.2. The number of benzene rings is 2. The molecule has 0 atom stereocenters. The molecule has 3 aromatic rings. The first-order chi connectivity index (χ1) is 16.4. The van der Waals surface area contributed by atoms with Crippen molar-refractivity contribution in [3.05, 3.63) is 53.7 Å². The van der Waals surface area contributed by atoms with Crippen molar-refractivity contribution in [2.75, 3.05) is 11.9 Å². The molecule has 0 unspecified atom stereocenters. The zero-order valence-electron chi connectivity index (χ0n) is 21.5. The number of amides is 2. The Bertz CT molecular complexity index is 1270. The van der Waals surface area contributed by atoms with E-state index < -0.39 is 11.0 Å². The number of aromatic nitrogens is 2. The second-order valence-corrected chi connectivity index (χ2v) is 11.2. The SMILES string of the molecule is Cc1ccc(C(=O)NC2CC2)cc1-c1ccc2nc(NCC(C)(C)NC(=O)C(C)(C)C)ncc2c1. The summed E-state index contributed by atoms with van der Waals surface area (Å²) < 4.78 is 0. The van der Waals surface area contributed by atoms with Gasteiger partial charge in [-0.25, -0.2) is 9.97 Å². The van der Waals surface area contributed by atoms with Crippen LogP contribution in [0, 0.1) is 12.3 Å². The lowest BCUT2D eigenvalue weighted by Crippen LogP contribution is -2.51. The highest BCUT2D eigenvalue weighted by molar-refractivity contribution is 5.96. The van der Waals surface area contributed by atoms with Crippen LogP contribution in [0.5, 0.6) is 0 Å². The molecule has 1 saturated carbocycles. The Morgan fingerprint density at radius 3 is 2.46 bits per heavy atom. The van der Waals surface area contributed by atoms with Gasteiger partial charge in [-0.3, -0.25) is 9.59 Å². The summed E-state index contributed by atoms with van der Waals surface area (Å²) in [6.45, 7) is 12.2. The minimum Gasteiger partial charge on any atom is -0.352 e. The summed E-state index contributed by atoms with van der Waals surface area (Å²) in [4.78, 5) is 34.0. The summed E-state index contributed by atoms with van der Waals surface area (Å²) in [6.07, 6.45) is 3.93. The van der Waals surface area contributed by atoms with Gasteiger partial charge in [-0.1, -0.05) is 32.9 Å². The van der Waals surface area contributed by atoms with Crippen LogP contribution in [0.15, 0.2) is 42.6 Å². The molecule has 4 rings (SSSR count). The maximum Gasteiger partial charge on any atom is 0.251 e. The molecule has 0 radical (unpaired) electrons. The molecule has 1 aromatic heterocycles. The van der Waals surface area contributed by atoms with Crippen LogP contribution in [0.1, 0.15) is 63.4 Å². The predicted molar refractivity (Wildman–Crippen MR) is 140 cm³/mol. The van der Waals surface area contributed by atoms with E-state index in [-0.39, 0.29) is 11.8 Å². The molecule has 0 bridgehead atoms. The largest absolute Gasteiger partial charge is 0.352 e. The molecule has 0 spiro atoms. The van der Waals surface area contributed by atoms with Crippen LogP contribution < -0.4 is 16.0 Å². The molecular weight excluding hydrogens is 438 g/mol. The van der Waals surface area contributed by atoms with E-state index in [2.05, 4.69) is 32.0 Å². The van der Waals surface area contributed by atoms with E-state index in [0.717, 1.165) is 40.4 Å². The normalized spacial score (nSPS) is 14.0. The maximum atomic E-state index is 12.5. The number of fused-ring (bicyclic) bond motifs is 1.